The van der Waals surface area contributed by atoms with Crippen molar-refractivity contribution < 1.29 is 31.5 Å². The highest BCUT2D eigenvalue weighted by atomic mass is 79.9. The molecule has 11 heteroatoms. The van der Waals surface area contributed by atoms with E-state index in [2.05, 4.69) is 31.1 Å². The van der Waals surface area contributed by atoms with Crippen molar-refractivity contribution in [1.29, 1.82) is 0 Å². The van der Waals surface area contributed by atoms with E-state index in [0.29, 0.717) is 27.1 Å². The van der Waals surface area contributed by atoms with Crippen LogP contribution in [0.4, 0.5) is 27.6 Å². The summed E-state index contributed by atoms with van der Waals surface area (Å²) in [6.45, 7) is 0.188. The van der Waals surface area contributed by atoms with E-state index in [1.165, 1.54) is 28.9 Å². The van der Waals surface area contributed by atoms with Crippen molar-refractivity contribution in [3.8, 4) is 5.75 Å². The van der Waals surface area contributed by atoms with Crippen LogP contribution in [-0.2, 0) is 12.7 Å². The van der Waals surface area contributed by atoms with Crippen molar-refractivity contribution >= 4 is 27.5 Å². The van der Waals surface area contributed by atoms with Crippen molar-refractivity contribution in [3.05, 3.63) is 75.0 Å². The van der Waals surface area contributed by atoms with E-state index in [1.54, 1.807) is 19.9 Å². The molecular weight excluding hydrogens is 501 g/mol. The van der Waals surface area contributed by atoms with Crippen LogP contribution < -0.4 is 10.1 Å². The molecule has 0 bridgehead atoms. The van der Waals surface area contributed by atoms with Gasteiger partial charge in [0, 0.05) is 4.47 Å². The third-order valence-electron chi connectivity index (χ3n) is 4.61. The molecule has 5 nitrogen and oxygen atoms in total. The molecule has 0 fully saturated rings. The number of hydrogen-bond donors (Lipinski definition) is 1. The van der Waals surface area contributed by atoms with Crippen LogP contribution in [0, 0.1) is 13.8 Å². The van der Waals surface area contributed by atoms with E-state index < -0.39 is 24.3 Å². The lowest BCUT2D eigenvalue weighted by molar-refractivity contribution is -0.137. The van der Waals surface area contributed by atoms with Gasteiger partial charge < -0.3 is 10.1 Å². The molecule has 32 heavy (non-hydrogen) atoms. The molecule has 0 saturated heterocycles. The lowest BCUT2D eigenvalue weighted by Gasteiger charge is -2.12. The van der Waals surface area contributed by atoms with Crippen LogP contribution in [0.5, 0.6) is 5.75 Å². The highest BCUT2D eigenvalue weighted by molar-refractivity contribution is 9.10. The van der Waals surface area contributed by atoms with Crippen LogP contribution in [0.15, 0.2) is 46.9 Å². The fraction of sp³-hybridized carbons (Fsp3) is 0.238. The summed E-state index contributed by atoms with van der Waals surface area (Å²) < 4.78 is 70.6. The Kier molecular flexibility index (Phi) is 6.87. The Morgan fingerprint density at radius 1 is 1.19 bits per heavy atom. The molecule has 3 aromatic rings. The van der Waals surface area contributed by atoms with E-state index in [4.69, 9.17) is 0 Å². The van der Waals surface area contributed by atoms with Crippen molar-refractivity contribution in [2.75, 3.05) is 5.32 Å². The minimum absolute atomic E-state index is 0.0447. The highest BCUT2D eigenvalue weighted by Crippen LogP contribution is 2.30. The minimum atomic E-state index is -4.47. The fourth-order valence-electron chi connectivity index (χ4n) is 3.11. The Morgan fingerprint density at radius 2 is 1.91 bits per heavy atom. The fourth-order valence-corrected chi connectivity index (χ4v) is 3.47. The zero-order valence-electron chi connectivity index (χ0n) is 16.8. The summed E-state index contributed by atoms with van der Waals surface area (Å²) in [5.74, 6) is -1.00. The Labute approximate surface area is 188 Å². The molecule has 3 rings (SSSR count). The predicted octanol–water partition coefficient (Wildman–Crippen LogP) is 6.18. The Bertz CT molecular complexity index is 1140. The number of anilines is 1. The number of nitrogens with one attached hydrogen (secondary N) is 1. The minimum Gasteiger partial charge on any atom is -0.434 e. The molecule has 1 amide bonds. The molecule has 0 aliphatic rings. The molecular formula is C21H17BrF5N3O2. The average Bonchev–Trinajstić information content (AvgIpc) is 2.96. The molecule has 0 aliphatic heterocycles. The molecule has 1 aromatic heterocycles. The van der Waals surface area contributed by atoms with Crippen molar-refractivity contribution in [1.82, 2.24) is 9.78 Å². The number of ether oxygens (including phenoxy) is 1. The number of carbonyl (C=O) groups excluding carboxylic acids is 1. The number of amides is 1. The number of aryl methyl sites for hydroxylation is 1. The van der Waals surface area contributed by atoms with Crippen LogP contribution in [-0.4, -0.2) is 22.3 Å². The van der Waals surface area contributed by atoms with Crippen molar-refractivity contribution in [2.45, 2.75) is 33.2 Å². The van der Waals surface area contributed by atoms with Crippen LogP contribution in [0.1, 0.15) is 32.9 Å². The average molecular weight is 518 g/mol. The maximum atomic E-state index is 13.0. The molecule has 0 spiro atoms. The summed E-state index contributed by atoms with van der Waals surface area (Å²) in [6, 6.07) is 8.89. The zero-order chi connectivity index (χ0) is 23.6. The monoisotopic (exact) mass is 517 g/mol. The number of rotatable bonds is 6. The molecule has 0 saturated carbocycles. The zero-order valence-corrected chi connectivity index (χ0v) is 18.4. The van der Waals surface area contributed by atoms with Gasteiger partial charge in [0.2, 0.25) is 0 Å². The summed E-state index contributed by atoms with van der Waals surface area (Å²) in [7, 11) is 0. The lowest BCUT2D eigenvalue weighted by atomic mass is 10.1. The lowest BCUT2D eigenvalue weighted by Crippen LogP contribution is -2.16. The second kappa shape index (κ2) is 9.27. The molecule has 1 heterocycles. The van der Waals surface area contributed by atoms with Gasteiger partial charge in [0.1, 0.15) is 5.75 Å². The third-order valence-corrected chi connectivity index (χ3v) is 5.10. The number of carbonyl (C=O) groups is 1. The second-order valence-corrected chi connectivity index (χ2v) is 7.79. The summed E-state index contributed by atoms with van der Waals surface area (Å²) in [5, 5.41) is 6.92. The van der Waals surface area contributed by atoms with Crippen LogP contribution >= 0.6 is 15.9 Å². The standard InChI is InChI=1S/C21H17BrF5N3O2/c1-11-18(28-19(31)16-9-15(22)6-7-17(16)32-20(23)24)12(2)30(29-11)10-13-4-3-5-14(8-13)21(25,26)27/h3-9,20H,10H2,1-2H3,(H,28,31). The number of benzene rings is 2. The maximum Gasteiger partial charge on any atom is 0.416 e. The Hall–Kier alpha value is -2.95. The first-order valence-corrected chi connectivity index (χ1v) is 10.0. The molecule has 0 radical (unpaired) electrons. The summed E-state index contributed by atoms with van der Waals surface area (Å²) >= 11 is 3.19. The highest BCUT2D eigenvalue weighted by Gasteiger charge is 2.30. The van der Waals surface area contributed by atoms with Gasteiger partial charge in [-0.2, -0.15) is 27.1 Å². The van der Waals surface area contributed by atoms with Crippen LogP contribution in [0.2, 0.25) is 0 Å². The molecule has 0 unspecified atom stereocenters. The molecule has 1 N–H and O–H groups in total. The summed E-state index contributed by atoms with van der Waals surface area (Å²) in [4.78, 5) is 12.8. The van der Waals surface area contributed by atoms with Gasteiger partial charge in [0.25, 0.3) is 5.91 Å². The van der Waals surface area contributed by atoms with E-state index in [1.807, 2.05) is 0 Å². The number of halogens is 6. The predicted molar refractivity (Wildman–Crippen MR) is 111 cm³/mol. The normalized spacial score (nSPS) is 11.7. The first-order chi connectivity index (χ1) is 15.0. The van der Waals surface area contributed by atoms with Crippen LogP contribution in [0.3, 0.4) is 0 Å². The molecule has 2 aromatic carbocycles. The van der Waals surface area contributed by atoms with Gasteiger partial charge in [0.15, 0.2) is 0 Å². The van der Waals surface area contributed by atoms with Gasteiger partial charge >= 0.3 is 12.8 Å². The summed E-state index contributed by atoms with van der Waals surface area (Å²) in [5.41, 5.74) is 0.706. The van der Waals surface area contributed by atoms with E-state index in [9.17, 15) is 26.7 Å². The van der Waals surface area contributed by atoms with Gasteiger partial charge in [-0.05, 0) is 49.7 Å². The van der Waals surface area contributed by atoms with Gasteiger partial charge in [-0.15, -0.1) is 0 Å². The number of alkyl halides is 5. The smallest absolute Gasteiger partial charge is 0.416 e. The topological polar surface area (TPSA) is 56.2 Å². The third kappa shape index (κ3) is 5.45. The largest absolute Gasteiger partial charge is 0.434 e. The first kappa shape index (κ1) is 23.7. The van der Waals surface area contributed by atoms with Crippen molar-refractivity contribution in [3.63, 3.8) is 0 Å². The van der Waals surface area contributed by atoms with Gasteiger partial charge in [-0.25, -0.2) is 0 Å². The van der Waals surface area contributed by atoms with Gasteiger partial charge in [0.05, 0.1) is 34.7 Å². The quantitative estimate of drug-likeness (QED) is 0.397. The Balaban J connectivity index is 1.86. The van der Waals surface area contributed by atoms with Gasteiger partial charge in [-0.1, -0.05) is 28.1 Å². The van der Waals surface area contributed by atoms with E-state index >= 15 is 0 Å². The Morgan fingerprint density at radius 3 is 2.56 bits per heavy atom. The summed E-state index contributed by atoms with van der Waals surface area (Å²) in [6.07, 6.45) is -4.47. The molecule has 170 valence electrons. The van der Waals surface area contributed by atoms with Gasteiger partial charge in [-0.3, -0.25) is 9.48 Å². The number of nitrogens with zero attached hydrogens (tertiary/aromatic N) is 2. The number of hydrogen-bond acceptors (Lipinski definition) is 3. The van der Waals surface area contributed by atoms with Crippen LogP contribution in [0.25, 0.3) is 0 Å². The maximum absolute atomic E-state index is 13.0. The SMILES string of the molecule is Cc1nn(Cc2cccc(C(F)(F)F)c2)c(C)c1NC(=O)c1cc(Br)ccc1OC(F)F. The number of aromatic nitrogens is 2. The van der Waals surface area contributed by atoms with E-state index in [-0.39, 0.29) is 17.9 Å². The molecule has 0 atom stereocenters. The molecule has 0 aliphatic carbocycles. The first-order valence-electron chi connectivity index (χ1n) is 9.21. The van der Waals surface area contributed by atoms with Crippen molar-refractivity contribution in [2.24, 2.45) is 0 Å². The van der Waals surface area contributed by atoms with E-state index in [0.717, 1.165) is 12.1 Å². The second-order valence-electron chi connectivity index (χ2n) is 6.87.